The summed E-state index contributed by atoms with van der Waals surface area (Å²) in [4.78, 5) is 2.28. The molecule has 0 aliphatic carbocycles. The van der Waals surface area contributed by atoms with Gasteiger partial charge in [0.15, 0.2) is 0 Å². The molecule has 22 heavy (non-hydrogen) atoms. The molecular formula is C19H25NO2. The third-order valence-electron chi connectivity index (χ3n) is 3.73. The van der Waals surface area contributed by atoms with Gasteiger partial charge in [0.2, 0.25) is 0 Å². The first-order chi connectivity index (χ1) is 10.7. The van der Waals surface area contributed by atoms with E-state index in [-0.39, 0.29) is 6.10 Å². The van der Waals surface area contributed by atoms with Crippen molar-refractivity contribution in [3.05, 3.63) is 65.7 Å². The van der Waals surface area contributed by atoms with Gasteiger partial charge in [0, 0.05) is 19.6 Å². The molecule has 0 saturated heterocycles. The van der Waals surface area contributed by atoms with E-state index in [1.165, 1.54) is 11.1 Å². The number of nitrogens with zero attached hydrogens (tertiary/aromatic N) is 1. The quantitative estimate of drug-likeness (QED) is 0.810. The monoisotopic (exact) mass is 299 g/mol. The molecule has 3 heteroatoms. The standard InChI is InChI=1S/C19H25NO2/c1-3-18(21)15-20(13-16-8-5-4-6-9-16)14-17-10-7-11-19(12-17)22-2/h4-12,18,21H,3,13-15H2,1-2H3. The molecule has 0 aliphatic heterocycles. The molecule has 0 fully saturated rings. The van der Waals surface area contributed by atoms with E-state index in [9.17, 15) is 5.11 Å². The predicted molar refractivity (Wildman–Crippen MR) is 89.8 cm³/mol. The molecule has 0 spiro atoms. The van der Waals surface area contributed by atoms with Gasteiger partial charge in [-0.1, -0.05) is 49.4 Å². The molecule has 2 rings (SSSR count). The van der Waals surface area contributed by atoms with Crippen LogP contribution in [0.25, 0.3) is 0 Å². The molecule has 0 radical (unpaired) electrons. The summed E-state index contributed by atoms with van der Waals surface area (Å²) in [6.07, 6.45) is 0.470. The minimum atomic E-state index is -0.297. The highest BCUT2D eigenvalue weighted by Gasteiger charge is 2.12. The normalized spacial score (nSPS) is 12.4. The van der Waals surface area contributed by atoms with Crippen LogP contribution in [-0.4, -0.2) is 29.8 Å². The zero-order valence-electron chi connectivity index (χ0n) is 13.4. The van der Waals surface area contributed by atoms with Gasteiger partial charge in [0.25, 0.3) is 0 Å². The second kappa shape index (κ2) is 8.57. The van der Waals surface area contributed by atoms with Gasteiger partial charge in [-0.2, -0.15) is 0 Å². The number of hydrogen-bond donors (Lipinski definition) is 1. The van der Waals surface area contributed by atoms with E-state index in [4.69, 9.17) is 4.74 Å². The number of aliphatic hydroxyl groups is 1. The Morgan fingerprint density at radius 3 is 2.36 bits per heavy atom. The van der Waals surface area contributed by atoms with Crippen molar-refractivity contribution in [2.75, 3.05) is 13.7 Å². The fraction of sp³-hybridized carbons (Fsp3) is 0.368. The van der Waals surface area contributed by atoms with Crippen LogP contribution in [0.3, 0.4) is 0 Å². The van der Waals surface area contributed by atoms with E-state index in [0.717, 1.165) is 25.3 Å². The van der Waals surface area contributed by atoms with E-state index < -0.39 is 0 Å². The van der Waals surface area contributed by atoms with Crippen LogP contribution in [0.4, 0.5) is 0 Å². The fourth-order valence-electron chi connectivity index (χ4n) is 2.48. The summed E-state index contributed by atoms with van der Waals surface area (Å²) in [6, 6.07) is 18.5. The van der Waals surface area contributed by atoms with Gasteiger partial charge >= 0.3 is 0 Å². The molecule has 0 saturated carbocycles. The van der Waals surface area contributed by atoms with Gasteiger partial charge in [0.05, 0.1) is 13.2 Å². The Kier molecular flexibility index (Phi) is 6.44. The van der Waals surface area contributed by atoms with Crippen molar-refractivity contribution in [3.8, 4) is 5.75 Å². The van der Waals surface area contributed by atoms with Crippen molar-refractivity contribution in [2.45, 2.75) is 32.5 Å². The van der Waals surface area contributed by atoms with Crippen LogP contribution in [-0.2, 0) is 13.1 Å². The maximum absolute atomic E-state index is 10.0. The summed E-state index contributed by atoms with van der Waals surface area (Å²) >= 11 is 0. The lowest BCUT2D eigenvalue weighted by atomic mass is 10.1. The van der Waals surface area contributed by atoms with Crippen LogP contribution in [0, 0.1) is 0 Å². The Bertz CT molecular complexity index is 556. The van der Waals surface area contributed by atoms with Crippen molar-refractivity contribution in [2.24, 2.45) is 0 Å². The second-order valence-corrected chi connectivity index (χ2v) is 5.57. The van der Waals surface area contributed by atoms with E-state index in [0.29, 0.717) is 6.54 Å². The second-order valence-electron chi connectivity index (χ2n) is 5.57. The molecule has 1 unspecified atom stereocenters. The van der Waals surface area contributed by atoms with Crippen LogP contribution >= 0.6 is 0 Å². The number of hydrogen-bond acceptors (Lipinski definition) is 3. The summed E-state index contributed by atoms with van der Waals surface area (Å²) in [6.45, 7) is 4.30. The molecule has 0 aromatic heterocycles. The Labute approximate surface area is 133 Å². The highest BCUT2D eigenvalue weighted by atomic mass is 16.5. The number of aliphatic hydroxyl groups excluding tert-OH is 1. The number of benzene rings is 2. The maximum Gasteiger partial charge on any atom is 0.119 e. The summed E-state index contributed by atoms with van der Waals surface area (Å²) in [5.74, 6) is 0.869. The molecule has 0 amide bonds. The van der Waals surface area contributed by atoms with Gasteiger partial charge in [0.1, 0.15) is 5.75 Å². The highest BCUT2D eigenvalue weighted by molar-refractivity contribution is 5.28. The van der Waals surface area contributed by atoms with Gasteiger partial charge in [-0.25, -0.2) is 0 Å². The molecule has 3 nitrogen and oxygen atoms in total. The molecular weight excluding hydrogens is 274 g/mol. The van der Waals surface area contributed by atoms with Gasteiger partial charge in [-0.05, 0) is 29.7 Å². The Balaban J connectivity index is 2.09. The van der Waals surface area contributed by atoms with E-state index in [1.807, 2.05) is 25.1 Å². The van der Waals surface area contributed by atoms with Crippen LogP contribution in [0.5, 0.6) is 5.75 Å². The Hall–Kier alpha value is -1.84. The first-order valence-electron chi connectivity index (χ1n) is 7.78. The van der Waals surface area contributed by atoms with Crippen molar-refractivity contribution < 1.29 is 9.84 Å². The van der Waals surface area contributed by atoms with Crippen LogP contribution in [0.1, 0.15) is 24.5 Å². The molecule has 118 valence electrons. The lowest BCUT2D eigenvalue weighted by Crippen LogP contribution is -2.31. The number of ether oxygens (including phenoxy) is 1. The minimum absolute atomic E-state index is 0.297. The maximum atomic E-state index is 10.0. The lowest BCUT2D eigenvalue weighted by molar-refractivity contribution is 0.101. The van der Waals surface area contributed by atoms with Crippen molar-refractivity contribution in [1.29, 1.82) is 0 Å². The molecule has 2 aromatic carbocycles. The lowest BCUT2D eigenvalue weighted by Gasteiger charge is -2.25. The van der Waals surface area contributed by atoms with E-state index in [2.05, 4.69) is 41.3 Å². The molecule has 1 N–H and O–H groups in total. The zero-order valence-corrected chi connectivity index (χ0v) is 13.4. The SMILES string of the molecule is CCC(O)CN(Cc1ccccc1)Cc1cccc(OC)c1. The Morgan fingerprint density at radius 2 is 1.68 bits per heavy atom. The smallest absolute Gasteiger partial charge is 0.119 e. The molecule has 0 aliphatic rings. The van der Waals surface area contributed by atoms with Gasteiger partial charge in [-0.3, -0.25) is 4.90 Å². The molecule has 0 heterocycles. The Morgan fingerprint density at radius 1 is 1.00 bits per heavy atom. The largest absolute Gasteiger partial charge is 0.497 e. The highest BCUT2D eigenvalue weighted by Crippen LogP contribution is 2.16. The van der Waals surface area contributed by atoms with Crippen LogP contribution in [0.15, 0.2) is 54.6 Å². The predicted octanol–water partition coefficient (Wildman–Crippen LogP) is 3.47. The van der Waals surface area contributed by atoms with E-state index in [1.54, 1.807) is 7.11 Å². The number of rotatable bonds is 8. The van der Waals surface area contributed by atoms with Gasteiger partial charge < -0.3 is 9.84 Å². The zero-order chi connectivity index (χ0) is 15.8. The summed E-state index contributed by atoms with van der Waals surface area (Å²) in [5.41, 5.74) is 2.45. The van der Waals surface area contributed by atoms with Crippen molar-refractivity contribution in [1.82, 2.24) is 4.90 Å². The fourth-order valence-corrected chi connectivity index (χ4v) is 2.48. The molecule has 2 aromatic rings. The summed E-state index contributed by atoms with van der Waals surface area (Å²) in [5, 5.41) is 10.0. The summed E-state index contributed by atoms with van der Waals surface area (Å²) in [7, 11) is 1.68. The van der Waals surface area contributed by atoms with E-state index >= 15 is 0 Å². The first kappa shape index (κ1) is 16.5. The minimum Gasteiger partial charge on any atom is -0.497 e. The third kappa shape index (κ3) is 5.17. The third-order valence-corrected chi connectivity index (χ3v) is 3.73. The summed E-state index contributed by atoms with van der Waals surface area (Å²) < 4.78 is 5.29. The first-order valence-corrected chi connectivity index (χ1v) is 7.78. The average Bonchev–Trinajstić information content (AvgIpc) is 2.55. The topological polar surface area (TPSA) is 32.7 Å². The van der Waals surface area contributed by atoms with Crippen LogP contribution in [0.2, 0.25) is 0 Å². The molecule has 1 atom stereocenters. The van der Waals surface area contributed by atoms with Crippen molar-refractivity contribution in [3.63, 3.8) is 0 Å². The van der Waals surface area contributed by atoms with Crippen LogP contribution < -0.4 is 4.74 Å². The molecule has 0 bridgehead atoms. The van der Waals surface area contributed by atoms with Crippen molar-refractivity contribution >= 4 is 0 Å². The number of methoxy groups -OCH3 is 1. The average molecular weight is 299 g/mol. The van der Waals surface area contributed by atoms with Gasteiger partial charge in [-0.15, -0.1) is 0 Å².